The lowest BCUT2D eigenvalue weighted by molar-refractivity contribution is -0.136. The van der Waals surface area contributed by atoms with Gasteiger partial charge in [-0.15, -0.1) is 6.58 Å². The van der Waals surface area contributed by atoms with Crippen LogP contribution in [0.2, 0.25) is 0 Å². The Morgan fingerprint density at radius 1 is 1.33 bits per heavy atom. The third-order valence-corrected chi connectivity index (χ3v) is 3.59. The smallest absolute Gasteiger partial charge is 0.227 e. The molecule has 1 atom stereocenters. The van der Waals surface area contributed by atoms with Gasteiger partial charge in [-0.3, -0.25) is 4.79 Å². The van der Waals surface area contributed by atoms with E-state index in [1.807, 2.05) is 11.0 Å². The van der Waals surface area contributed by atoms with Crippen LogP contribution in [0.4, 0.5) is 0 Å². The van der Waals surface area contributed by atoms with Gasteiger partial charge in [-0.25, -0.2) is 0 Å². The number of nitrogens with one attached hydrogen (secondary N) is 1. The number of hydrogen-bond acceptors (Lipinski definition) is 2. The van der Waals surface area contributed by atoms with E-state index in [1.54, 1.807) is 0 Å². The number of allylic oxidation sites excluding steroid dienone is 1. The van der Waals surface area contributed by atoms with Crippen molar-refractivity contribution in [3.8, 4) is 0 Å². The first kappa shape index (κ1) is 10.7. The first-order chi connectivity index (χ1) is 7.31. The summed E-state index contributed by atoms with van der Waals surface area (Å²) < 4.78 is 0. The molecule has 0 saturated carbocycles. The molecular weight excluding hydrogens is 188 g/mol. The van der Waals surface area contributed by atoms with E-state index in [0.29, 0.717) is 11.8 Å². The first-order valence-electron chi connectivity index (χ1n) is 5.93. The minimum absolute atomic E-state index is 0.241. The van der Waals surface area contributed by atoms with Gasteiger partial charge in [-0.05, 0) is 31.7 Å². The summed E-state index contributed by atoms with van der Waals surface area (Å²) in [6, 6.07) is 0. The van der Waals surface area contributed by atoms with Crippen molar-refractivity contribution in [3.05, 3.63) is 12.7 Å². The van der Waals surface area contributed by atoms with Crippen molar-refractivity contribution >= 4 is 5.91 Å². The van der Waals surface area contributed by atoms with Crippen LogP contribution in [0.1, 0.15) is 19.3 Å². The van der Waals surface area contributed by atoms with Crippen LogP contribution in [-0.2, 0) is 4.79 Å². The number of rotatable bonds is 2. The Hall–Kier alpha value is -0.830. The zero-order chi connectivity index (χ0) is 10.7. The second kappa shape index (κ2) is 4.79. The molecule has 84 valence electrons. The maximum Gasteiger partial charge on any atom is 0.227 e. The topological polar surface area (TPSA) is 32.3 Å². The third kappa shape index (κ3) is 2.40. The van der Waals surface area contributed by atoms with Gasteiger partial charge < -0.3 is 10.2 Å². The highest BCUT2D eigenvalue weighted by Crippen LogP contribution is 2.20. The number of carbonyl (C=O) groups is 1. The fraction of sp³-hybridized carbons (Fsp3) is 0.750. The van der Waals surface area contributed by atoms with E-state index >= 15 is 0 Å². The molecule has 15 heavy (non-hydrogen) atoms. The second-order valence-corrected chi connectivity index (χ2v) is 4.59. The summed E-state index contributed by atoms with van der Waals surface area (Å²) in [7, 11) is 0. The summed E-state index contributed by atoms with van der Waals surface area (Å²) in [5.41, 5.74) is 0. The van der Waals surface area contributed by atoms with Gasteiger partial charge in [0.1, 0.15) is 0 Å². The predicted octanol–water partition coefficient (Wildman–Crippen LogP) is 1.02. The lowest BCUT2D eigenvalue weighted by atomic mass is 9.96. The zero-order valence-corrected chi connectivity index (χ0v) is 9.24. The van der Waals surface area contributed by atoms with E-state index in [4.69, 9.17) is 0 Å². The summed E-state index contributed by atoms with van der Waals surface area (Å²) >= 11 is 0. The van der Waals surface area contributed by atoms with Crippen molar-refractivity contribution < 1.29 is 4.79 Å². The largest absolute Gasteiger partial charge is 0.342 e. The highest BCUT2D eigenvalue weighted by Gasteiger charge is 2.29. The Morgan fingerprint density at radius 3 is 2.60 bits per heavy atom. The monoisotopic (exact) mass is 208 g/mol. The van der Waals surface area contributed by atoms with E-state index in [0.717, 1.165) is 45.4 Å². The minimum atomic E-state index is 0.241. The molecule has 2 fully saturated rings. The fourth-order valence-corrected chi connectivity index (χ4v) is 2.48. The first-order valence-corrected chi connectivity index (χ1v) is 5.93. The van der Waals surface area contributed by atoms with Crippen LogP contribution in [0.5, 0.6) is 0 Å². The molecule has 3 heteroatoms. The van der Waals surface area contributed by atoms with Gasteiger partial charge in [0.25, 0.3) is 0 Å². The molecule has 2 aliphatic heterocycles. The average molecular weight is 208 g/mol. The van der Waals surface area contributed by atoms with Crippen LogP contribution in [0, 0.1) is 11.8 Å². The summed E-state index contributed by atoms with van der Waals surface area (Å²) in [6.45, 7) is 7.54. The summed E-state index contributed by atoms with van der Waals surface area (Å²) in [5, 5.41) is 3.25. The maximum atomic E-state index is 12.1. The summed E-state index contributed by atoms with van der Waals surface area (Å²) in [4.78, 5) is 14.1. The minimum Gasteiger partial charge on any atom is -0.342 e. The predicted molar refractivity (Wildman–Crippen MR) is 60.5 cm³/mol. The van der Waals surface area contributed by atoms with Gasteiger partial charge in [-0.1, -0.05) is 6.08 Å². The summed E-state index contributed by atoms with van der Waals surface area (Å²) in [6.07, 6.45) is 5.23. The SMILES string of the molecule is C=CC1CCN(C(=O)[C@@H]2CCNC2)CC1. The molecule has 0 spiro atoms. The number of amides is 1. The second-order valence-electron chi connectivity index (χ2n) is 4.59. The van der Waals surface area contributed by atoms with Crippen LogP contribution < -0.4 is 5.32 Å². The molecule has 0 aromatic rings. The van der Waals surface area contributed by atoms with Crippen molar-refractivity contribution in [3.63, 3.8) is 0 Å². The van der Waals surface area contributed by atoms with E-state index in [9.17, 15) is 4.79 Å². The molecule has 0 bridgehead atoms. The normalized spacial score (nSPS) is 28.0. The Balaban J connectivity index is 1.84. The molecule has 0 aromatic heterocycles. The van der Waals surface area contributed by atoms with Crippen LogP contribution in [0.3, 0.4) is 0 Å². The Kier molecular flexibility index (Phi) is 3.41. The standard InChI is InChI=1S/C12H20N2O/c1-2-10-4-7-14(8-5-10)12(15)11-3-6-13-9-11/h2,10-11,13H,1,3-9H2/t11-/m1/s1. The number of nitrogens with zero attached hydrogens (tertiary/aromatic N) is 1. The molecular formula is C12H20N2O. The van der Waals surface area contributed by atoms with Crippen LogP contribution >= 0.6 is 0 Å². The Labute approximate surface area is 91.5 Å². The van der Waals surface area contributed by atoms with Crippen molar-refractivity contribution in [1.82, 2.24) is 10.2 Å². The molecule has 1 amide bonds. The molecule has 0 radical (unpaired) electrons. The van der Waals surface area contributed by atoms with Gasteiger partial charge in [0, 0.05) is 19.6 Å². The van der Waals surface area contributed by atoms with E-state index < -0.39 is 0 Å². The fourth-order valence-electron chi connectivity index (χ4n) is 2.48. The maximum absolute atomic E-state index is 12.1. The Bertz CT molecular complexity index is 238. The molecule has 2 aliphatic rings. The van der Waals surface area contributed by atoms with Crippen molar-refractivity contribution in [2.45, 2.75) is 19.3 Å². The molecule has 2 heterocycles. The van der Waals surface area contributed by atoms with Crippen LogP contribution in [-0.4, -0.2) is 37.0 Å². The molecule has 0 aromatic carbocycles. The van der Waals surface area contributed by atoms with Gasteiger partial charge in [0.2, 0.25) is 5.91 Å². The number of carbonyl (C=O) groups excluding carboxylic acids is 1. The number of likely N-dealkylation sites (tertiary alicyclic amines) is 1. The van der Waals surface area contributed by atoms with Crippen LogP contribution in [0.15, 0.2) is 12.7 Å². The van der Waals surface area contributed by atoms with Gasteiger partial charge in [-0.2, -0.15) is 0 Å². The highest BCUT2D eigenvalue weighted by atomic mass is 16.2. The van der Waals surface area contributed by atoms with Crippen molar-refractivity contribution in [2.75, 3.05) is 26.2 Å². The molecule has 2 rings (SSSR count). The van der Waals surface area contributed by atoms with Gasteiger partial charge in [0.15, 0.2) is 0 Å². The van der Waals surface area contributed by atoms with Crippen molar-refractivity contribution in [2.24, 2.45) is 11.8 Å². The quantitative estimate of drug-likeness (QED) is 0.687. The molecule has 0 unspecified atom stereocenters. The lowest BCUT2D eigenvalue weighted by Gasteiger charge is -2.32. The van der Waals surface area contributed by atoms with Crippen LogP contribution in [0.25, 0.3) is 0 Å². The number of hydrogen-bond donors (Lipinski definition) is 1. The number of piperidine rings is 1. The van der Waals surface area contributed by atoms with Gasteiger partial charge >= 0.3 is 0 Å². The zero-order valence-electron chi connectivity index (χ0n) is 9.24. The van der Waals surface area contributed by atoms with E-state index in [-0.39, 0.29) is 5.92 Å². The lowest BCUT2D eigenvalue weighted by Crippen LogP contribution is -2.42. The molecule has 1 N–H and O–H groups in total. The van der Waals surface area contributed by atoms with Gasteiger partial charge in [0.05, 0.1) is 5.92 Å². The van der Waals surface area contributed by atoms with E-state index in [2.05, 4.69) is 11.9 Å². The third-order valence-electron chi connectivity index (χ3n) is 3.59. The highest BCUT2D eigenvalue weighted by molar-refractivity contribution is 5.79. The van der Waals surface area contributed by atoms with E-state index in [1.165, 1.54) is 0 Å². The Morgan fingerprint density at radius 2 is 2.07 bits per heavy atom. The average Bonchev–Trinajstić information content (AvgIpc) is 2.82. The molecule has 3 nitrogen and oxygen atoms in total. The summed E-state index contributed by atoms with van der Waals surface area (Å²) in [5.74, 6) is 1.23. The van der Waals surface area contributed by atoms with Crippen molar-refractivity contribution in [1.29, 1.82) is 0 Å². The molecule has 2 saturated heterocycles. The molecule has 0 aliphatic carbocycles.